The number of benzene rings is 1. The molecule has 1 fully saturated rings. The maximum Gasteiger partial charge on any atom is 0.252 e. The minimum Gasteiger partial charge on any atom is -0.496 e. The van der Waals surface area contributed by atoms with E-state index in [1.807, 2.05) is 19.1 Å². The summed E-state index contributed by atoms with van der Waals surface area (Å²) in [4.78, 5) is 23.5. The third kappa shape index (κ3) is 8.15. The van der Waals surface area contributed by atoms with Gasteiger partial charge in [0.25, 0.3) is 5.91 Å². The van der Waals surface area contributed by atoms with Crippen LogP contribution in [-0.4, -0.2) is 68.1 Å². The summed E-state index contributed by atoms with van der Waals surface area (Å²) >= 11 is 0. The Morgan fingerprint density at radius 2 is 1.88 bits per heavy atom. The number of methoxy groups -OCH3 is 1. The highest BCUT2D eigenvalue weighted by atomic mass is 127. The summed E-state index contributed by atoms with van der Waals surface area (Å²) in [5.74, 6) is 1.50. The van der Waals surface area contributed by atoms with Crippen molar-refractivity contribution in [2.24, 2.45) is 4.99 Å². The molecular weight excluding hydrogens is 531 g/mol. The second-order valence-electron chi connectivity index (χ2n) is 7.64. The van der Waals surface area contributed by atoms with Crippen molar-refractivity contribution in [3.8, 4) is 5.75 Å². The van der Waals surface area contributed by atoms with Crippen LogP contribution in [0.2, 0.25) is 0 Å². The van der Waals surface area contributed by atoms with Gasteiger partial charge in [0, 0.05) is 37.6 Å². The van der Waals surface area contributed by atoms with Crippen LogP contribution in [0.15, 0.2) is 53.8 Å². The van der Waals surface area contributed by atoms with E-state index >= 15 is 0 Å². The van der Waals surface area contributed by atoms with Gasteiger partial charge in [0.05, 0.1) is 25.3 Å². The molecule has 1 saturated heterocycles. The number of rotatable bonds is 10. The number of pyridine rings is 1. The van der Waals surface area contributed by atoms with Gasteiger partial charge in [-0.1, -0.05) is 18.2 Å². The van der Waals surface area contributed by atoms with Gasteiger partial charge in [0.1, 0.15) is 5.75 Å². The van der Waals surface area contributed by atoms with Crippen LogP contribution in [0, 0.1) is 0 Å². The van der Waals surface area contributed by atoms with E-state index in [0.29, 0.717) is 25.2 Å². The number of likely N-dealkylation sites (tertiary alicyclic amines) is 1. The lowest BCUT2D eigenvalue weighted by atomic mass is 10.0. The Labute approximate surface area is 213 Å². The van der Waals surface area contributed by atoms with Crippen LogP contribution in [-0.2, 0) is 0 Å². The quantitative estimate of drug-likeness (QED) is 0.178. The fourth-order valence-electron chi connectivity index (χ4n) is 3.88. The number of carbonyl (C=O) groups is 1. The molecule has 1 amide bonds. The Bertz CT molecular complexity index is 874. The minimum atomic E-state index is -0.132. The molecule has 1 aliphatic rings. The van der Waals surface area contributed by atoms with Gasteiger partial charge in [-0.15, -0.1) is 24.0 Å². The van der Waals surface area contributed by atoms with Crippen LogP contribution in [0.1, 0.15) is 41.7 Å². The molecule has 0 saturated carbocycles. The van der Waals surface area contributed by atoms with Crippen molar-refractivity contribution >= 4 is 35.8 Å². The molecule has 2 aromatic rings. The second kappa shape index (κ2) is 14.7. The summed E-state index contributed by atoms with van der Waals surface area (Å²) in [6, 6.07) is 11.9. The highest BCUT2D eigenvalue weighted by Gasteiger charge is 2.25. The summed E-state index contributed by atoms with van der Waals surface area (Å²) in [5.41, 5.74) is 1.72. The third-order valence-electron chi connectivity index (χ3n) is 5.47. The molecule has 3 rings (SSSR count). The molecule has 0 bridgehead atoms. The molecule has 2 heterocycles. The lowest BCUT2D eigenvalue weighted by Gasteiger charge is -2.28. The maximum absolute atomic E-state index is 12.2. The van der Waals surface area contributed by atoms with Gasteiger partial charge in [0.15, 0.2) is 5.96 Å². The first kappa shape index (κ1) is 26.8. The van der Waals surface area contributed by atoms with Crippen molar-refractivity contribution in [3.63, 3.8) is 0 Å². The molecule has 1 aromatic carbocycles. The Hall–Kier alpha value is -2.40. The Morgan fingerprint density at radius 3 is 2.58 bits per heavy atom. The predicted molar refractivity (Wildman–Crippen MR) is 143 cm³/mol. The molecule has 33 heavy (non-hydrogen) atoms. The first-order valence-corrected chi connectivity index (χ1v) is 11.3. The molecule has 180 valence electrons. The number of para-hydroxylation sites is 1. The van der Waals surface area contributed by atoms with Crippen LogP contribution in [0.3, 0.4) is 0 Å². The zero-order chi connectivity index (χ0) is 22.6. The van der Waals surface area contributed by atoms with Gasteiger partial charge in [-0.3, -0.25) is 19.7 Å². The number of hydrogen-bond acceptors (Lipinski definition) is 5. The summed E-state index contributed by atoms with van der Waals surface area (Å²) in [6.07, 6.45) is 5.64. The van der Waals surface area contributed by atoms with Crippen LogP contribution in [0.25, 0.3) is 0 Å². The average Bonchev–Trinajstić information content (AvgIpc) is 3.37. The zero-order valence-electron chi connectivity index (χ0n) is 19.4. The van der Waals surface area contributed by atoms with Gasteiger partial charge < -0.3 is 20.7 Å². The minimum absolute atomic E-state index is 0. The van der Waals surface area contributed by atoms with Crippen LogP contribution in [0.4, 0.5) is 0 Å². The number of amides is 1. The smallest absolute Gasteiger partial charge is 0.252 e. The molecule has 9 heteroatoms. The normalized spacial score (nSPS) is 14.8. The predicted octanol–water partition coefficient (Wildman–Crippen LogP) is 2.83. The zero-order valence-corrected chi connectivity index (χ0v) is 21.7. The van der Waals surface area contributed by atoms with E-state index in [0.717, 1.165) is 31.3 Å². The second-order valence-corrected chi connectivity index (χ2v) is 7.64. The summed E-state index contributed by atoms with van der Waals surface area (Å²) in [6.45, 7) is 6.63. The SMILES string of the molecule is CCNC(=NCC(c1ccccc1OC)N1CCCC1)NCCNC(=O)c1cccnc1.I. The molecular formula is C24H35IN6O2. The number of ether oxygens (including phenoxy) is 1. The maximum atomic E-state index is 12.2. The van der Waals surface area contributed by atoms with Gasteiger partial charge in [-0.2, -0.15) is 0 Å². The molecule has 1 aliphatic heterocycles. The number of nitrogens with zero attached hydrogens (tertiary/aromatic N) is 3. The molecule has 1 aromatic heterocycles. The van der Waals surface area contributed by atoms with Crippen molar-refractivity contribution in [1.82, 2.24) is 25.8 Å². The van der Waals surface area contributed by atoms with Crippen LogP contribution in [0.5, 0.6) is 5.75 Å². The number of nitrogens with one attached hydrogen (secondary N) is 3. The van der Waals surface area contributed by atoms with E-state index < -0.39 is 0 Å². The fraction of sp³-hybridized carbons (Fsp3) is 0.458. The monoisotopic (exact) mass is 566 g/mol. The summed E-state index contributed by atoms with van der Waals surface area (Å²) in [7, 11) is 1.72. The number of guanidine groups is 1. The average molecular weight is 566 g/mol. The summed E-state index contributed by atoms with van der Waals surface area (Å²) < 4.78 is 5.63. The lowest BCUT2D eigenvalue weighted by Crippen LogP contribution is -2.42. The number of aromatic nitrogens is 1. The van der Waals surface area contributed by atoms with Crippen molar-refractivity contribution in [2.75, 3.05) is 46.4 Å². The topological polar surface area (TPSA) is 90.9 Å². The Morgan fingerprint density at radius 1 is 1.12 bits per heavy atom. The third-order valence-corrected chi connectivity index (χ3v) is 5.47. The molecule has 0 radical (unpaired) electrons. The molecule has 0 aliphatic carbocycles. The highest BCUT2D eigenvalue weighted by molar-refractivity contribution is 14.0. The van der Waals surface area contributed by atoms with Crippen LogP contribution >= 0.6 is 24.0 Å². The van der Waals surface area contributed by atoms with E-state index in [2.05, 4.69) is 38.0 Å². The molecule has 8 nitrogen and oxygen atoms in total. The van der Waals surface area contributed by atoms with Gasteiger partial charge >= 0.3 is 0 Å². The lowest BCUT2D eigenvalue weighted by molar-refractivity contribution is 0.0954. The summed E-state index contributed by atoms with van der Waals surface area (Å²) in [5, 5.41) is 9.51. The van der Waals surface area contributed by atoms with Crippen molar-refractivity contribution in [3.05, 3.63) is 59.9 Å². The Balaban J connectivity index is 0.00000385. The van der Waals surface area contributed by atoms with E-state index in [4.69, 9.17) is 9.73 Å². The number of halogens is 1. The van der Waals surface area contributed by atoms with Crippen molar-refractivity contribution < 1.29 is 9.53 Å². The molecule has 1 unspecified atom stereocenters. The largest absolute Gasteiger partial charge is 0.496 e. The van der Waals surface area contributed by atoms with E-state index in [1.165, 1.54) is 18.4 Å². The van der Waals surface area contributed by atoms with E-state index in [1.54, 1.807) is 31.6 Å². The van der Waals surface area contributed by atoms with E-state index in [9.17, 15) is 4.79 Å². The number of hydrogen-bond donors (Lipinski definition) is 3. The van der Waals surface area contributed by atoms with Gasteiger partial charge in [0.2, 0.25) is 0 Å². The highest BCUT2D eigenvalue weighted by Crippen LogP contribution is 2.31. The van der Waals surface area contributed by atoms with Gasteiger partial charge in [-0.05, 0) is 51.1 Å². The first-order valence-electron chi connectivity index (χ1n) is 11.3. The van der Waals surface area contributed by atoms with Crippen molar-refractivity contribution in [2.45, 2.75) is 25.8 Å². The first-order chi connectivity index (χ1) is 15.7. The van der Waals surface area contributed by atoms with Crippen LogP contribution < -0.4 is 20.7 Å². The Kier molecular flexibility index (Phi) is 12.0. The van der Waals surface area contributed by atoms with E-state index in [-0.39, 0.29) is 35.9 Å². The standard InChI is InChI=1S/C24H34N6O2.HI/c1-3-26-24(28-14-13-27-23(31)19-9-8-12-25-17-19)29-18-21(30-15-6-7-16-30)20-10-4-5-11-22(20)32-2;/h4-5,8-12,17,21H,3,6-7,13-16,18H2,1-2H3,(H,27,31)(H2,26,28,29);1H. The molecule has 0 spiro atoms. The van der Waals surface area contributed by atoms with Gasteiger partial charge in [-0.25, -0.2) is 0 Å². The van der Waals surface area contributed by atoms with Crippen molar-refractivity contribution in [1.29, 1.82) is 0 Å². The molecule has 3 N–H and O–H groups in total. The fourth-order valence-corrected chi connectivity index (χ4v) is 3.88. The molecule has 1 atom stereocenters. The number of carbonyl (C=O) groups excluding carboxylic acids is 1. The number of aliphatic imine (C=N–C) groups is 1.